The molecule has 1 saturated heterocycles. The second-order valence-corrected chi connectivity index (χ2v) is 6.96. The molecule has 2 amide bonds. The number of carbonyl (C=O) groups is 2. The number of rotatable bonds is 6. The number of hydrogen-bond acceptors (Lipinski definition) is 4. The van der Waals surface area contributed by atoms with E-state index in [0.717, 1.165) is 16.8 Å². The van der Waals surface area contributed by atoms with Gasteiger partial charge in [-0.1, -0.05) is 30.3 Å². The van der Waals surface area contributed by atoms with Crippen LogP contribution in [0.4, 0.5) is 0 Å². The summed E-state index contributed by atoms with van der Waals surface area (Å²) in [6.45, 7) is 4.66. The Labute approximate surface area is 157 Å². The molecule has 1 fully saturated rings. The zero-order valence-electron chi connectivity index (χ0n) is 15.6. The van der Waals surface area contributed by atoms with Crippen molar-refractivity contribution in [3.63, 3.8) is 0 Å². The average Bonchev–Trinajstić information content (AvgIpc) is 2.93. The van der Waals surface area contributed by atoms with Crippen molar-refractivity contribution < 1.29 is 9.59 Å². The fourth-order valence-corrected chi connectivity index (χ4v) is 3.49. The van der Waals surface area contributed by atoms with Crippen LogP contribution in [0.25, 0.3) is 0 Å². The fraction of sp³-hybridized carbons (Fsp3) is 0.400. The minimum Gasteiger partial charge on any atom is -0.351 e. The Morgan fingerprint density at radius 2 is 2.00 bits per heavy atom. The molecular weight excluding hydrogens is 344 g/mol. The number of likely N-dealkylation sites (tertiary alicyclic amines) is 1. The summed E-state index contributed by atoms with van der Waals surface area (Å²) in [6, 6.07) is 9.66. The van der Waals surface area contributed by atoms with Gasteiger partial charge in [-0.25, -0.2) is 4.79 Å². The Morgan fingerprint density at radius 1 is 1.26 bits per heavy atom. The van der Waals surface area contributed by atoms with E-state index < -0.39 is 0 Å². The first-order valence-corrected chi connectivity index (χ1v) is 9.10. The molecule has 2 heterocycles. The van der Waals surface area contributed by atoms with Gasteiger partial charge in [0, 0.05) is 37.3 Å². The summed E-state index contributed by atoms with van der Waals surface area (Å²) >= 11 is 0. The number of aryl methyl sites for hydroxylation is 2. The van der Waals surface area contributed by atoms with Crippen LogP contribution in [0, 0.1) is 13.8 Å². The van der Waals surface area contributed by atoms with Crippen LogP contribution in [0.5, 0.6) is 0 Å². The Balaban J connectivity index is 1.51. The van der Waals surface area contributed by atoms with Crippen molar-refractivity contribution in [1.29, 1.82) is 0 Å². The average molecular weight is 368 g/mol. The first-order valence-electron chi connectivity index (χ1n) is 9.10. The Morgan fingerprint density at radius 3 is 2.70 bits per heavy atom. The predicted octanol–water partition coefficient (Wildman–Crippen LogP) is 1.24. The second-order valence-electron chi connectivity index (χ2n) is 6.96. The minimum atomic E-state index is -0.374. The van der Waals surface area contributed by atoms with E-state index in [0.29, 0.717) is 38.0 Å². The van der Waals surface area contributed by atoms with Gasteiger partial charge in [0.1, 0.15) is 0 Å². The molecule has 7 heteroatoms. The normalized spacial score (nSPS) is 16.6. The lowest BCUT2D eigenvalue weighted by Gasteiger charge is -2.17. The Hall–Kier alpha value is -2.96. The van der Waals surface area contributed by atoms with Gasteiger partial charge >= 0.3 is 5.69 Å². The second kappa shape index (κ2) is 8.16. The molecule has 2 aromatic rings. The number of H-pyrrole nitrogens is 1. The molecule has 27 heavy (non-hydrogen) atoms. The van der Waals surface area contributed by atoms with Crippen LogP contribution in [0.3, 0.4) is 0 Å². The maximum Gasteiger partial charge on any atom is 0.345 e. The van der Waals surface area contributed by atoms with Crippen molar-refractivity contribution >= 4 is 11.8 Å². The lowest BCUT2D eigenvalue weighted by atomic mass is 10.1. The third-order valence-electron chi connectivity index (χ3n) is 4.85. The molecule has 0 saturated carbocycles. The number of aromatic amines is 1. The van der Waals surface area contributed by atoms with E-state index in [1.807, 2.05) is 30.3 Å². The number of nitrogens with zero attached hydrogens (tertiary/aromatic N) is 2. The number of nitrogens with one attached hydrogen (secondary N) is 2. The molecule has 1 atom stereocenters. The third-order valence-corrected chi connectivity index (χ3v) is 4.85. The lowest BCUT2D eigenvalue weighted by molar-refractivity contribution is -0.128. The molecule has 0 spiro atoms. The summed E-state index contributed by atoms with van der Waals surface area (Å²) in [5.41, 5.74) is 2.98. The predicted molar refractivity (Wildman–Crippen MR) is 101 cm³/mol. The van der Waals surface area contributed by atoms with Crippen molar-refractivity contribution in [2.24, 2.45) is 0 Å². The van der Waals surface area contributed by atoms with Gasteiger partial charge < -0.3 is 15.2 Å². The standard InChI is InChI=1S/C20H24N4O3/c1-13-17(14(2)22-20(27)21-13)8-9-18(25)23-16-10-19(26)24(12-16)11-15-6-4-3-5-7-15/h3-7,16H,8-12H2,1-2H3,(H,23,25)(H,21,22,27)/t16-/m0/s1. The van der Waals surface area contributed by atoms with Crippen molar-refractivity contribution in [1.82, 2.24) is 20.2 Å². The Bertz CT molecular complexity index is 866. The summed E-state index contributed by atoms with van der Waals surface area (Å²) in [7, 11) is 0. The molecule has 0 unspecified atom stereocenters. The fourth-order valence-electron chi connectivity index (χ4n) is 3.49. The number of benzene rings is 1. The molecule has 1 aliphatic heterocycles. The van der Waals surface area contributed by atoms with Gasteiger partial charge in [0.25, 0.3) is 0 Å². The van der Waals surface area contributed by atoms with E-state index in [2.05, 4.69) is 15.3 Å². The zero-order valence-corrected chi connectivity index (χ0v) is 15.6. The SMILES string of the molecule is Cc1nc(=O)[nH]c(C)c1CCC(=O)N[C@H]1CC(=O)N(Cc2ccccc2)C1. The van der Waals surface area contributed by atoms with E-state index >= 15 is 0 Å². The van der Waals surface area contributed by atoms with Gasteiger partial charge in [-0.05, 0) is 31.4 Å². The van der Waals surface area contributed by atoms with Gasteiger partial charge in [-0.3, -0.25) is 9.59 Å². The molecule has 0 aliphatic carbocycles. The van der Waals surface area contributed by atoms with Crippen LogP contribution in [0.2, 0.25) is 0 Å². The van der Waals surface area contributed by atoms with E-state index in [4.69, 9.17) is 0 Å². The minimum absolute atomic E-state index is 0.0562. The van der Waals surface area contributed by atoms with Gasteiger partial charge in [0.2, 0.25) is 11.8 Å². The van der Waals surface area contributed by atoms with Crippen LogP contribution < -0.4 is 11.0 Å². The van der Waals surface area contributed by atoms with Crippen molar-refractivity contribution in [2.45, 2.75) is 45.7 Å². The molecule has 1 aromatic carbocycles. The number of hydrogen-bond donors (Lipinski definition) is 2. The van der Waals surface area contributed by atoms with Crippen molar-refractivity contribution in [3.05, 3.63) is 63.3 Å². The molecular formula is C20H24N4O3. The van der Waals surface area contributed by atoms with E-state index in [1.54, 1.807) is 18.7 Å². The zero-order chi connectivity index (χ0) is 19.4. The molecule has 0 bridgehead atoms. The van der Waals surface area contributed by atoms with Gasteiger partial charge in [-0.2, -0.15) is 4.98 Å². The first kappa shape index (κ1) is 18.8. The van der Waals surface area contributed by atoms with Gasteiger partial charge in [-0.15, -0.1) is 0 Å². The highest BCUT2D eigenvalue weighted by Crippen LogP contribution is 2.16. The quantitative estimate of drug-likeness (QED) is 0.802. The van der Waals surface area contributed by atoms with Crippen molar-refractivity contribution in [2.75, 3.05) is 6.54 Å². The largest absolute Gasteiger partial charge is 0.351 e. The smallest absolute Gasteiger partial charge is 0.345 e. The topological polar surface area (TPSA) is 95.2 Å². The van der Waals surface area contributed by atoms with E-state index in [1.165, 1.54) is 0 Å². The molecule has 2 N–H and O–H groups in total. The van der Waals surface area contributed by atoms with Gasteiger partial charge in [0.05, 0.1) is 6.04 Å². The molecule has 1 aliphatic rings. The summed E-state index contributed by atoms with van der Waals surface area (Å²) in [5.74, 6) is -0.0416. The molecule has 3 rings (SSSR count). The highest BCUT2D eigenvalue weighted by molar-refractivity contribution is 5.82. The number of amides is 2. The highest BCUT2D eigenvalue weighted by atomic mass is 16.2. The van der Waals surface area contributed by atoms with Crippen molar-refractivity contribution in [3.8, 4) is 0 Å². The lowest BCUT2D eigenvalue weighted by Crippen LogP contribution is -2.37. The summed E-state index contributed by atoms with van der Waals surface area (Å²) < 4.78 is 0. The third kappa shape index (κ3) is 4.81. The van der Waals surface area contributed by atoms with Gasteiger partial charge in [0.15, 0.2) is 0 Å². The van der Waals surface area contributed by atoms with E-state index in [-0.39, 0.29) is 23.5 Å². The van der Waals surface area contributed by atoms with Crippen LogP contribution in [0.1, 0.15) is 35.4 Å². The van der Waals surface area contributed by atoms with Crippen LogP contribution in [-0.4, -0.2) is 39.3 Å². The molecule has 7 nitrogen and oxygen atoms in total. The van der Waals surface area contributed by atoms with E-state index in [9.17, 15) is 14.4 Å². The first-order chi connectivity index (χ1) is 12.9. The maximum absolute atomic E-state index is 12.3. The number of carbonyl (C=O) groups excluding carboxylic acids is 2. The van der Waals surface area contributed by atoms with Crippen LogP contribution in [-0.2, 0) is 22.6 Å². The Kier molecular flexibility index (Phi) is 5.69. The van der Waals surface area contributed by atoms with Crippen LogP contribution >= 0.6 is 0 Å². The monoisotopic (exact) mass is 368 g/mol. The molecule has 142 valence electrons. The number of aromatic nitrogens is 2. The summed E-state index contributed by atoms with van der Waals surface area (Å²) in [4.78, 5) is 44.2. The molecule has 0 radical (unpaired) electrons. The van der Waals surface area contributed by atoms with Crippen LogP contribution in [0.15, 0.2) is 35.1 Å². The molecule has 1 aromatic heterocycles. The summed E-state index contributed by atoms with van der Waals surface area (Å²) in [6.07, 6.45) is 1.12. The maximum atomic E-state index is 12.3. The summed E-state index contributed by atoms with van der Waals surface area (Å²) in [5, 5.41) is 2.95. The highest BCUT2D eigenvalue weighted by Gasteiger charge is 2.30.